The molecule has 0 aliphatic rings. The van der Waals surface area contributed by atoms with Crippen LogP contribution >= 0.6 is 0 Å². The summed E-state index contributed by atoms with van der Waals surface area (Å²) in [4.78, 5) is 2.10. The molecular formula is C11H13N5. The van der Waals surface area contributed by atoms with Gasteiger partial charge in [-0.05, 0) is 20.2 Å². The summed E-state index contributed by atoms with van der Waals surface area (Å²) in [6, 6.07) is 5.60. The van der Waals surface area contributed by atoms with Crippen LogP contribution in [0.3, 0.4) is 0 Å². The second-order valence-corrected chi connectivity index (χ2v) is 3.92. The Balaban J connectivity index is 2.31. The molecule has 0 unspecified atom stereocenters. The lowest BCUT2D eigenvalue weighted by Crippen LogP contribution is -2.16. The number of fused-ring (bicyclic) bond motifs is 1. The van der Waals surface area contributed by atoms with Gasteiger partial charge in [0.2, 0.25) is 0 Å². The summed E-state index contributed by atoms with van der Waals surface area (Å²) < 4.78 is 1.92. The first-order valence-electron chi connectivity index (χ1n) is 5.09. The van der Waals surface area contributed by atoms with Gasteiger partial charge in [-0.1, -0.05) is 0 Å². The predicted molar refractivity (Wildman–Crippen MR) is 60.0 cm³/mol. The Hall–Kier alpha value is -1.93. The third kappa shape index (κ3) is 2.02. The molecule has 2 rings (SSSR count). The van der Waals surface area contributed by atoms with E-state index in [9.17, 15) is 0 Å². The standard InChI is InChI=1S/C11H13N5/c1-15(2)5-4-10-13-14-11-7-9(8-12)3-6-16(10)11/h3,6-7H,4-5H2,1-2H3. The lowest BCUT2D eigenvalue weighted by atomic mass is 10.3. The molecule has 0 radical (unpaired) electrons. The number of nitriles is 1. The summed E-state index contributed by atoms with van der Waals surface area (Å²) in [7, 11) is 4.05. The zero-order chi connectivity index (χ0) is 11.5. The van der Waals surface area contributed by atoms with Gasteiger partial charge in [0.15, 0.2) is 5.65 Å². The second kappa shape index (κ2) is 4.29. The molecule has 16 heavy (non-hydrogen) atoms. The lowest BCUT2D eigenvalue weighted by molar-refractivity contribution is 0.409. The third-order valence-corrected chi connectivity index (χ3v) is 2.39. The molecule has 2 aromatic rings. The zero-order valence-corrected chi connectivity index (χ0v) is 9.38. The van der Waals surface area contributed by atoms with E-state index < -0.39 is 0 Å². The van der Waals surface area contributed by atoms with Gasteiger partial charge in [0.1, 0.15) is 5.82 Å². The van der Waals surface area contributed by atoms with E-state index in [2.05, 4.69) is 21.2 Å². The number of hydrogen-bond donors (Lipinski definition) is 0. The van der Waals surface area contributed by atoms with Crippen molar-refractivity contribution >= 4 is 5.65 Å². The number of hydrogen-bond acceptors (Lipinski definition) is 4. The molecule has 2 aromatic heterocycles. The van der Waals surface area contributed by atoms with E-state index in [1.807, 2.05) is 24.7 Å². The van der Waals surface area contributed by atoms with Crippen LogP contribution in [0.4, 0.5) is 0 Å². The Labute approximate surface area is 93.9 Å². The van der Waals surface area contributed by atoms with Crippen molar-refractivity contribution < 1.29 is 0 Å². The Morgan fingerprint density at radius 2 is 2.25 bits per heavy atom. The monoisotopic (exact) mass is 215 g/mol. The van der Waals surface area contributed by atoms with Gasteiger partial charge in [0, 0.05) is 25.2 Å². The van der Waals surface area contributed by atoms with Crippen LogP contribution in [0.2, 0.25) is 0 Å². The molecule has 0 saturated carbocycles. The Bertz CT molecular complexity index is 535. The van der Waals surface area contributed by atoms with Crippen LogP contribution in [0.25, 0.3) is 5.65 Å². The van der Waals surface area contributed by atoms with E-state index in [0.29, 0.717) is 5.56 Å². The largest absolute Gasteiger partial charge is 0.309 e. The highest BCUT2D eigenvalue weighted by atomic mass is 15.2. The molecule has 0 N–H and O–H groups in total. The minimum atomic E-state index is 0.610. The van der Waals surface area contributed by atoms with E-state index in [-0.39, 0.29) is 0 Å². The summed E-state index contributed by atoms with van der Waals surface area (Å²) in [5, 5.41) is 16.9. The van der Waals surface area contributed by atoms with Crippen LogP contribution in [-0.4, -0.2) is 40.1 Å². The summed E-state index contributed by atoms with van der Waals surface area (Å²) in [6.45, 7) is 0.931. The molecule has 0 aliphatic carbocycles. The topological polar surface area (TPSA) is 57.2 Å². The molecule has 82 valence electrons. The fourth-order valence-corrected chi connectivity index (χ4v) is 1.50. The highest BCUT2D eigenvalue weighted by molar-refractivity contribution is 5.45. The van der Waals surface area contributed by atoms with Crippen LogP contribution < -0.4 is 0 Å². The van der Waals surface area contributed by atoms with Gasteiger partial charge in [-0.25, -0.2) is 0 Å². The summed E-state index contributed by atoms with van der Waals surface area (Å²) >= 11 is 0. The van der Waals surface area contributed by atoms with Crippen molar-refractivity contribution in [2.24, 2.45) is 0 Å². The molecule has 5 heteroatoms. The normalized spacial score (nSPS) is 10.9. The van der Waals surface area contributed by atoms with E-state index in [1.165, 1.54) is 0 Å². The van der Waals surface area contributed by atoms with Crippen LogP contribution in [0.15, 0.2) is 18.3 Å². The van der Waals surface area contributed by atoms with Gasteiger partial charge in [0.05, 0.1) is 11.6 Å². The average molecular weight is 215 g/mol. The molecule has 0 amide bonds. The SMILES string of the molecule is CN(C)CCc1nnc2cc(C#N)ccn12. The van der Waals surface area contributed by atoms with Crippen molar-refractivity contribution in [3.63, 3.8) is 0 Å². The number of likely N-dealkylation sites (N-methyl/N-ethyl adjacent to an activating group) is 1. The molecule has 2 heterocycles. The highest BCUT2D eigenvalue weighted by Gasteiger charge is 2.05. The number of rotatable bonds is 3. The number of pyridine rings is 1. The minimum Gasteiger partial charge on any atom is -0.309 e. The smallest absolute Gasteiger partial charge is 0.162 e. The quantitative estimate of drug-likeness (QED) is 0.756. The Kier molecular flexibility index (Phi) is 2.84. The first kappa shape index (κ1) is 10.6. The number of nitrogens with zero attached hydrogens (tertiary/aromatic N) is 5. The van der Waals surface area contributed by atoms with E-state index in [1.54, 1.807) is 12.1 Å². The average Bonchev–Trinajstić information content (AvgIpc) is 2.68. The first-order valence-corrected chi connectivity index (χ1v) is 5.09. The van der Waals surface area contributed by atoms with Crippen molar-refractivity contribution in [2.45, 2.75) is 6.42 Å². The van der Waals surface area contributed by atoms with Crippen molar-refractivity contribution in [1.29, 1.82) is 5.26 Å². The van der Waals surface area contributed by atoms with Gasteiger partial charge >= 0.3 is 0 Å². The Morgan fingerprint density at radius 1 is 1.44 bits per heavy atom. The molecule has 0 spiro atoms. The fourth-order valence-electron chi connectivity index (χ4n) is 1.50. The maximum Gasteiger partial charge on any atom is 0.162 e. The third-order valence-electron chi connectivity index (χ3n) is 2.39. The molecule has 0 aromatic carbocycles. The number of aromatic nitrogens is 3. The fraction of sp³-hybridized carbons (Fsp3) is 0.364. The summed E-state index contributed by atoms with van der Waals surface area (Å²) in [6.07, 6.45) is 2.69. The van der Waals surface area contributed by atoms with E-state index in [0.717, 1.165) is 24.4 Å². The lowest BCUT2D eigenvalue weighted by Gasteiger charge is -2.07. The van der Waals surface area contributed by atoms with Crippen LogP contribution in [-0.2, 0) is 6.42 Å². The molecule has 0 atom stereocenters. The van der Waals surface area contributed by atoms with Crippen molar-refractivity contribution in [3.8, 4) is 6.07 Å². The summed E-state index contributed by atoms with van der Waals surface area (Å²) in [5.41, 5.74) is 1.34. The second-order valence-electron chi connectivity index (χ2n) is 3.92. The summed E-state index contributed by atoms with van der Waals surface area (Å²) in [5.74, 6) is 0.924. The van der Waals surface area contributed by atoms with Gasteiger partial charge in [0.25, 0.3) is 0 Å². The predicted octanol–water partition coefficient (Wildman–Crippen LogP) is 0.705. The van der Waals surface area contributed by atoms with Crippen molar-refractivity contribution in [1.82, 2.24) is 19.5 Å². The Morgan fingerprint density at radius 3 is 2.94 bits per heavy atom. The van der Waals surface area contributed by atoms with Gasteiger partial charge < -0.3 is 4.90 Å². The molecule has 0 fully saturated rings. The molecular weight excluding hydrogens is 202 g/mol. The maximum atomic E-state index is 8.77. The van der Waals surface area contributed by atoms with Crippen LogP contribution in [0, 0.1) is 11.3 Å². The van der Waals surface area contributed by atoms with Gasteiger partial charge in [-0.15, -0.1) is 10.2 Å². The molecule has 0 saturated heterocycles. The molecule has 0 bridgehead atoms. The van der Waals surface area contributed by atoms with Crippen molar-refractivity contribution in [2.75, 3.05) is 20.6 Å². The van der Waals surface area contributed by atoms with Crippen LogP contribution in [0.5, 0.6) is 0 Å². The van der Waals surface area contributed by atoms with Gasteiger partial charge in [-0.2, -0.15) is 5.26 Å². The van der Waals surface area contributed by atoms with E-state index >= 15 is 0 Å². The zero-order valence-electron chi connectivity index (χ0n) is 9.38. The van der Waals surface area contributed by atoms with Crippen LogP contribution in [0.1, 0.15) is 11.4 Å². The minimum absolute atomic E-state index is 0.610. The van der Waals surface area contributed by atoms with Gasteiger partial charge in [-0.3, -0.25) is 4.40 Å². The van der Waals surface area contributed by atoms with Crippen molar-refractivity contribution in [3.05, 3.63) is 29.7 Å². The molecule has 0 aliphatic heterocycles. The first-order chi connectivity index (χ1) is 7.70. The highest BCUT2D eigenvalue weighted by Crippen LogP contribution is 2.07. The maximum absolute atomic E-state index is 8.77. The molecule has 5 nitrogen and oxygen atoms in total. The van der Waals surface area contributed by atoms with E-state index in [4.69, 9.17) is 5.26 Å².